The minimum atomic E-state index is -2.41. The fourth-order valence-electron chi connectivity index (χ4n) is 5.70. The molecule has 12 heteroatoms. The number of aliphatic carboxylic acids is 2. The van der Waals surface area contributed by atoms with Crippen molar-refractivity contribution in [2.24, 2.45) is 5.41 Å². The van der Waals surface area contributed by atoms with Gasteiger partial charge in [0.1, 0.15) is 0 Å². The third kappa shape index (κ3) is 9.12. The number of ether oxygens (including phenoxy) is 8. The van der Waals surface area contributed by atoms with Crippen molar-refractivity contribution in [3.63, 3.8) is 0 Å². The molecule has 0 saturated heterocycles. The van der Waals surface area contributed by atoms with Crippen molar-refractivity contribution in [1.82, 2.24) is 0 Å². The van der Waals surface area contributed by atoms with Gasteiger partial charge in [0.25, 0.3) is 0 Å². The molecule has 0 radical (unpaired) electrons. The van der Waals surface area contributed by atoms with Crippen LogP contribution in [0.25, 0.3) is 0 Å². The Labute approximate surface area is 265 Å². The molecule has 44 heavy (non-hydrogen) atoms. The lowest BCUT2D eigenvalue weighted by Gasteiger charge is -2.62. The Hall–Kier alpha value is -1.38. The number of carboxylic acids is 2. The maximum atomic E-state index is 14.3. The van der Waals surface area contributed by atoms with Crippen LogP contribution in [-0.2, 0) is 47.5 Å². The lowest BCUT2D eigenvalue weighted by atomic mass is 9.62. The summed E-state index contributed by atoms with van der Waals surface area (Å²) in [6.45, 7) is 15.4. The van der Waals surface area contributed by atoms with Gasteiger partial charge in [0.2, 0.25) is 23.1 Å². The second-order valence-corrected chi connectivity index (χ2v) is 11.1. The van der Waals surface area contributed by atoms with Gasteiger partial charge in [0.15, 0.2) is 5.41 Å². The third-order valence-electron chi connectivity index (χ3n) is 7.55. The lowest BCUT2D eigenvalue weighted by Crippen LogP contribution is -2.82. The molecule has 0 bridgehead atoms. The zero-order chi connectivity index (χ0) is 33.9. The van der Waals surface area contributed by atoms with Crippen molar-refractivity contribution in [2.45, 2.75) is 136 Å². The van der Waals surface area contributed by atoms with Gasteiger partial charge in [-0.3, -0.25) is 9.59 Å². The van der Waals surface area contributed by atoms with Crippen molar-refractivity contribution in [3.8, 4) is 0 Å². The van der Waals surface area contributed by atoms with E-state index in [0.717, 1.165) is 0 Å². The van der Waals surface area contributed by atoms with Crippen LogP contribution in [0.3, 0.4) is 0 Å². The number of rotatable bonds is 29. The molecule has 0 heterocycles. The first-order chi connectivity index (χ1) is 20.8. The van der Waals surface area contributed by atoms with Gasteiger partial charge >= 0.3 is 11.9 Å². The van der Waals surface area contributed by atoms with E-state index in [1.54, 1.807) is 13.8 Å². The average molecular weight is 639 g/mol. The molecule has 0 aromatic carbocycles. The van der Waals surface area contributed by atoms with Gasteiger partial charge in [-0.2, -0.15) is 0 Å². The Bertz CT molecular complexity index is 744. The predicted molar refractivity (Wildman–Crippen MR) is 165 cm³/mol. The van der Waals surface area contributed by atoms with Crippen LogP contribution in [0.15, 0.2) is 0 Å². The first-order valence-corrected chi connectivity index (χ1v) is 16.2. The zero-order valence-corrected chi connectivity index (χ0v) is 29.1. The smallest absolute Gasteiger partial charge is 0.321 e. The summed E-state index contributed by atoms with van der Waals surface area (Å²) in [5.41, 5.74) is -2.41. The minimum absolute atomic E-state index is 0.0400. The van der Waals surface area contributed by atoms with Crippen LogP contribution in [0, 0.1) is 5.41 Å². The van der Waals surface area contributed by atoms with E-state index in [9.17, 15) is 19.8 Å². The molecule has 0 aromatic heterocycles. The molecule has 12 nitrogen and oxygen atoms in total. The van der Waals surface area contributed by atoms with Crippen molar-refractivity contribution >= 4 is 11.9 Å². The molecule has 0 aliphatic rings. The number of hydrogen-bond acceptors (Lipinski definition) is 10. The SMILES string of the molecule is CCCOC(C)(OCCC)C(OC)(OCCC)C(CCCC(=O)O)(C(=O)O)C(OC)(OCCC)C(C)(OCCC)OCCC. The molecule has 2 unspecified atom stereocenters. The summed E-state index contributed by atoms with van der Waals surface area (Å²) in [4.78, 5) is 26.2. The van der Waals surface area contributed by atoms with Gasteiger partial charge in [-0.15, -0.1) is 0 Å². The van der Waals surface area contributed by atoms with Crippen molar-refractivity contribution in [1.29, 1.82) is 0 Å². The second kappa shape index (κ2) is 20.7. The van der Waals surface area contributed by atoms with Crippen molar-refractivity contribution < 1.29 is 57.7 Å². The van der Waals surface area contributed by atoms with Crippen LogP contribution in [0.4, 0.5) is 0 Å². The van der Waals surface area contributed by atoms with Crippen LogP contribution in [0.5, 0.6) is 0 Å². The second-order valence-electron chi connectivity index (χ2n) is 11.1. The summed E-state index contributed by atoms with van der Waals surface area (Å²) in [6.07, 6.45) is 2.47. The molecule has 262 valence electrons. The summed E-state index contributed by atoms with van der Waals surface area (Å²) in [5.74, 6) is -10.8. The first kappa shape index (κ1) is 42.6. The Morgan fingerprint density at radius 2 is 0.841 bits per heavy atom. The standard InChI is InChI=1S/C32H62O12/c1-11-20-39-28(7,40-21-12-2)31(37-9,43-24-15-5)30(27(35)36,19-17-18-26(33)34)32(38-10,44-25-16-6)29(8,41-22-13-3)42-23-14-4/h11-25H2,1-10H3,(H,33,34)(H,35,36). The van der Waals surface area contributed by atoms with Crippen LogP contribution in [0.2, 0.25) is 0 Å². The number of methoxy groups -OCH3 is 2. The summed E-state index contributed by atoms with van der Waals surface area (Å²) in [5, 5.41) is 21.3. The Kier molecular flexibility index (Phi) is 20.0. The van der Waals surface area contributed by atoms with Crippen molar-refractivity contribution in [3.05, 3.63) is 0 Å². The molecule has 0 aliphatic carbocycles. The molecule has 0 aliphatic heterocycles. The van der Waals surface area contributed by atoms with Gasteiger partial charge < -0.3 is 48.1 Å². The van der Waals surface area contributed by atoms with Crippen LogP contribution in [-0.4, -0.2) is 99.2 Å². The molecule has 0 aromatic rings. The molecule has 0 fully saturated rings. The summed E-state index contributed by atoms with van der Waals surface area (Å²) >= 11 is 0. The monoisotopic (exact) mass is 638 g/mol. The van der Waals surface area contributed by atoms with Crippen molar-refractivity contribution in [2.75, 3.05) is 53.9 Å². The van der Waals surface area contributed by atoms with E-state index >= 15 is 0 Å². The quantitative estimate of drug-likeness (QED) is 0.0927. The molecule has 2 N–H and O–H groups in total. The van der Waals surface area contributed by atoms with Gasteiger partial charge in [0.05, 0.1) is 13.2 Å². The van der Waals surface area contributed by atoms with Gasteiger partial charge in [-0.25, -0.2) is 0 Å². The van der Waals surface area contributed by atoms with Crippen LogP contribution >= 0.6 is 0 Å². The molecule has 0 amide bonds. The predicted octanol–water partition coefficient (Wildman–Crippen LogP) is 5.99. The third-order valence-corrected chi connectivity index (χ3v) is 7.55. The zero-order valence-electron chi connectivity index (χ0n) is 29.1. The number of carbonyl (C=O) groups is 2. The van der Waals surface area contributed by atoms with E-state index in [4.69, 9.17) is 37.9 Å². The average Bonchev–Trinajstić information content (AvgIpc) is 3.00. The van der Waals surface area contributed by atoms with Gasteiger partial charge in [-0.05, 0) is 65.2 Å². The summed E-state index contributed by atoms with van der Waals surface area (Å²) in [7, 11) is 2.65. The Morgan fingerprint density at radius 3 is 1.07 bits per heavy atom. The van der Waals surface area contributed by atoms with E-state index in [0.29, 0.717) is 38.5 Å². The molecular formula is C32H62O12. The normalized spacial score (nSPS) is 16.7. The Balaban J connectivity index is 8.55. The molecular weight excluding hydrogens is 576 g/mol. The molecule has 2 atom stereocenters. The first-order valence-electron chi connectivity index (χ1n) is 16.2. The van der Waals surface area contributed by atoms with E-state index in [1.807, 2.05) is 41.5 Å². The summed E-state index contributed by atoms with van der Waals surface area (Å²) in [6, 6.07) is 0. The molecule has 0 rings (SSSR count). The van der Waals surface area contributed by atoms with Crippen LogP contribution < -0.4 is 0 Å². The van der Waals surface area contributed by atoms with Gasteiger partial charge in [0, 0.05) is 47.1 Å². The highest BCUT2D eigenvalue weighted by Gasteiger charge is 2.82. The molecule has 0 saturated carbocycles. The lowest BCUT2D eigenvalue weighted by molar-refractivity contribution is -0.502. The highest BCUT2D eigenvalue weighted by molar-refractivity contribution is 5.78. The minimum Gasteiger partial charge on any atom is -0.481 e. The maximum absolute atomic E-state index is 14.3. The highest BCUT2D eigenvalue weighted by Crippen LogP contribution is 2.60. The fraction of sp³-hybridized carbons (Fsp3) is 0.938. The van der Waals surface area contributed by atoms with E-state index in [2.05, 4.69) is 0 Å². The van der Waals surface area contributed by atoms with Gasteiger partial charge in [-0.1, -0.05) is 41.5 Å². The Morgan fingerprint density at radius 1 is 0.545 bits per heavy atom. The highest BCUT2D eigenvalue weighted by atomic mass is 16.8. The van der Waals surface area contributed by atoms with E-state index in [-0.39, 0.29) is 58.9 Å². The topological polar surface area (TPSA) is 148 Å². The number of hydrogen-bond donors (Lipinski definition) is 2. The van der Waals surface area contributed by atoms with Crippen LogP contribution in [0.1, 0.15) is 113 Å². The largest absolute Gasteiger partial charge is 0.481 e. The summed E-state index contributed by atoms with van der Waals surface area (Å²) < 4.78 is 51.4. The van der Waals surface area contributed by atoms with E-state index < -0.39 is 40.5 Å². The maximum Gasteiger partial charge on any atom is 0.321 e. The molecule has 0 spiro atoms. The van der Waals surface area contributed by atoms with E-state index in [1.165, 1.54) is 14.2 Å². The number of carboxylic acid groups (broad SMARTS) is 2. The fourth-order valence-corrected chi connectivity index (χ4v) is 5.70.